The number of carbonyl (C=O) groups is 1. The summed E-state index contributed by atoms with van der Waals surface area (Å²) in [5.41, 5.74) is 4.12. The summed E-state index contributed by atoms with van der Waals surface area (Å²) in [5.74, 6) is 0. The molecule has 0 aliphatic carbocycles. The molecule has 1 amide bonds. The number of benzene rings is 1. The lowest BCUT2D eigenvalue weighted by atomic mass is 9.80. The van der Waals surface area contributed by atoms with E-state index in [1.807, 2.05) is 0 Å². The van der Waals surface area contributed by atoms with Crippen LogP contribution in [-0.2, 0) is 17.6 Å². The molecule has 21 heavy (non-hydrogen) atoms. The topological polar surface area (TPSA) is 29.1 Å². The maximum atomic E-state index is 10.8. The van der Waals surface area contributed by atoms with Crippen LogP contribution in [0.2, 0.25) is 0 Å². The highest BCUT2D eigenvalue weighted by molar-refractivity contribution is 5.72. The van der Waals surface area contributed by atoms with Gasteiger partial charge in [-0.2, -0.15) is 0 Å². The molecule has 0 spiro atoms. The average Bonchev–Trinajstić information content (AvgIpc) is 2.38. The minimum Gasteiger partial charge on any atom is -0.329 e. The summed E-state index contributed by atoms with van der Waals surface area (Å²) >= 11 is 0. The maximum absolute atomic E-state index is 10.8. The van der Waals surface area contributed by atoms with Crippen LogP contribution in [0.25, 0.3) is 0 Å². The van der Waals surface area contributed by atoms with E-state index in [0.29, 0.717) is 0 Å². The van der Waals surface area contributed by atoms with Gasteiger partial charge < -0.3 is 5.32 Å². The van der Waals surface area contributed by atoms with Crippen molar-refractivity contribution in [3.05, 3.63) is 29.3 Å². The largest absolute Gasteiger partial charge is 0.329 e. The van der Waals surface area contributed by atoms with E-state index in [0.717, 1.165) is 37.8 Å². The molecular weight excluding hydrogens is 258 g/mol. The fraction of sp³-hybridized carbons (Fsp3) is 0.632. The van der Waals surface area contributed by atoms with E-state index >= 15 is 0 Å². The van der Waals surface area contributed by atoms with E-state index in [-0.39, 0.29) is 10.8 Å². The molecule has 118 valence electrons. The molecule has 1 rings (SSSR count). The molecule has 2 heteroatoms. The van der Waals surface area contributed by atoms with Crippen molar-refractivity contribution >= 4 is 12.1 Å². The smallest absolute Gasteiger partial charge is 0.211 e. The molecule has 1 aromatic carbocycles. The van der Waals surface area contributed by atoms with Crippen LogP contribution < -0.4 is 5.32 Å². The summed E-state index contributed by atoms with van der Waals surface area (Å²) in [6.07, 6.45) is 5.13. The first kappa shape index (κ1) is 17.7. The predicted octanol–water partition coefficient (Wildman–Crippen LogP) is 5.21. The Morgan fingerprint density at radius 3 is 1.67 bits per heavy atom. The summed E-state index contributed by atoms with van der Waals surface area (Å²) in [7, 11) is 0. The minimum atomic E-state index is 0.289. The fourth-order valence-corrected chi connectivity index (χ4v) is 2.47. The van der Waals surface area contributed by atoms with Crippen LogP contribution in [0.5, 0.6) is 0 Å². The molecule has 0 radical (unpaired) electrons. The van der Waals surface area contributed by atoms with Gasteiger partial charge in [0.25, 0.3) is 0 Å². The number of amides is 1. The number of nitrogens with one attached hydrogen (secondary N) is 1. The zero-order valence-electron chi connectivity index (χ0n) is 14.5. The third-order valence-corrected chi connectivity index (χ3v) is 4.56. The Kier molecular flexibility index (Phi) is 6.00. The molecule has 1 aromatic rings. The average molecular weight is 289 g/mol. The van der Waals surface area contributed by atoms with E-state index in [1.54, 1.807) is 0 Å². The fourth-order valence-electron chi connectivity index (χ4n) is 2.47. The van der Waals surface area contributed by atoms with Gasteiger partial charge in [-0.3, -0.25) is 4.79 Å². The van der Waals surface area contributed by atoms with Gasteiger partial charge in [-0.05, 0) is 46.9 Å². The van der Waals surface area contributed by atoms with Crippen LogP contribution in [0.3, 0.4) is 0 Å². The molecule has 0 saturated heterocycles. The van der Waals surface area contributed by atoms with Crippen molar-refractivity contribution < 1.29 is 4.79 Å². The van der Waals surface area contributed by atoms with Gasteiger partial charge >= 0.3 is 0 Å². The van der Waals surface area contributed by atoms with Gasteiger partial charge in [0, 0.05) is 5.69 Å². The van der Waals surface area contributed by atoms with Gasteiger partial charge in [0.15, 0.2) is 0 Å². The maximum Gasteiger partial charge on any atom is 0.211 e. The van der Waals surface area contributed by atoms with Crippen molar-refractivity contribution in [1.82, 2.24) is 0 Å². The van der Waals surface area contributed by atoms with Crippen molar-refractivity contribution in [3.63, 3.8) is 0 Å². The number of rotatable bonds is 8. The van der Waals surface area contributed by atoms with Gasteiger partial charge in [-0.15, -0.1) is 0 Å². The third kappa shape index (κ3) is 5.91. The van der Waals surface area contributed by atoms with Gasteiger partial charge in [-0.1, -0.05) is 60.5 Å². The first-order valence-electron chi connectivity index (χ1n) is 8.04. The van der Waals surface area contributed by atoms with E-state index in [1.165, 1.54) is 11.1 Å². The quantitative estimate of drug-likeness (QED) is 0.654. The molecule has 0 aromatic heterocycles. The third-order valence-electron chi connectivity index (χ3n) is 4.56. The second-order valence-corrected chi connectivity index (χ2v) is 7.69. The number of anilines is 1. The molecule has 0 fully saturated rings. The number of hydrogen-bond acceptors (Lipinski definition) is 1. The first-order chi connectivity index (χ1) is 9.71. The summed E-state index contributed by atoms with van der Waals surface area (Å²) in [5, 5.41) is 2.82. The second kappa shape index (κ2) is 7.11. The Labute approximate surface area is 130 Å². The lowest BCUT2D eigenvalue weighted by molar-refractivity contribution is -0.105. The van der Waals surface area contributed by atoms with Crippen molar-refractivity contribution in [2.75, 3.05) is 5.32 Å². The lowest BCUT2D eigenvalue weighted by Gasteiger charge is -2.25. The van der Waals surface area contributed by atoms with Gasteiger partial charge in [0.2, 0.25) is 6.41 Å². The molecule has 0 bridgehead atoms. The van der Waals surface area contributed by atoms with Crippen LogP contribution in [0, 0.1) is 10.8 Å². The van der Waals surface area contributed by atoms with Crippen LogP contribution in [0.15, 0.2) is 18.2 Å². The van der Waals surface area contributed by atoms with Gasteiger partial charge in [-0.25, -0.2) is 0 Å². The second-order valence-electron chi connectivity index (χ2n) is 7.69. The highest BCUT2D eigenvalue weighted by atomic mass is 16.1. The Balaban J connectivity index is 3.08. The molecule has 0 aliphatic rings. The molecule has 0 atom stereocenters. The molecule has 2 nitrogen and oxygen atoms in total. The standard InChI is InChI=1S/C19H31NO/c1-7-18(3,4)12-15-9-16(13-19(5,6)8-2)11-17(10-15)20-14-21/h9-11,14H,7-8,12-13H2,1-6H3,(H,20,21). The SMILES string of the molecule is CCC(C)(C)Cc1cc(CC(C)(C)CC)cc(NC=O)c1. The van der Waals surface area contributed by atoms with Crippen LogP contribution in [-0.4, -0.2) is 6.41 Å². The molecule has 0 unspecified atom stereocenters. The monoisotopic (exact) mass is 289 g/mol. The summed E-state index contributed by atoms with van der Waals surface area (Å²) in [6.45, 7) is 13.6. The van der Waals surface area contributed by atoms with Crippen molar-refractivity contribution in [2.45, 2.75) is 67.2 Å². The zero-order valence-corrected chi connectivity index (χ0v) is 14.5. The first-order valence-corrected chi connectivity index (χ1v) is 8.04. The summed E-state index contributed by atoms with van der Waals surface area (Å²) < 4.78 is 0. The minimum absolute atomic E-state index is 0.289. The molecule has 0 aliphatic heterocycles. The normalized spacial score (nSPS) is 12.3. The lowest BCUT2D eigenvalue weighted by Crippen LogP contribution is -2.16. The number of hydrogen-bond donors (Lipinski definition) is 1. The van der Waals surface area contributed by atoms with Crippen molar-refractivity contribution in [2.24, 2.45) is 10.8 Å². The van der Waals surface area contributed by atoms with Crippen molar-refractivity contribution in [1.29, 1.82) is 0 Å². The number of carbonyl (C=O) groups excluding carboxylic acids is 1. The van der Waals surface area contributed by atoms with Gasteiger partial charge in [0.05, 0.1) is 0 Å². The Bertz CT molecular complexity index is 438. The summed E-state index contributed by atoms with van der Waals surface area (Å²) in [4.78, 5) is 10.8. The van der Waals surface area contributed by atoms with E-state index in [2.05, 4.69) is 65.1 Å². The molecule has 0 saturated carbocycles. The Morgan fingerprint density at radius 1 is 0.905 bits per heavy atom. The van der Waals surface area contributed by atoms with Crippen LogP contribution in [0.4, 0.5) is 5.69 Å². The van der Waals surface area contributed by atoms with Gasteiger partial charge in [0.1, 0.15) is 0 Å². The van der Waals surface area contributed by atoms with E-state index in [4.69, 9.17) is 0 Å². The Morgan fingerprint density at radius 2 is 1.33 bits per heavy atom. The van der Waals surface area contributed by atoms with E-state index < -0.39 is 0 Å². The molecule has 1 N–H and O–H groups in total. The molecular formula is C19H31NO. The molecule has 0 heterocycles. The van der Waals surface area contributed by atoms with E-state index in [9.17, 15) is 4.79 Å². The highest BCUT2D eigenvalue weighted by Gasteiger charge is 2.19. The summed E-state index contributed by atoms with van der Waals surface area (Å²) in [6, 6.07) is 6.52. The van der Waals surface area contributed by atoms with Crippen LogP contribution in [0.1, 0.15) is 65.5 Å². The Hall–Kier alpha value is -1.31. The predicted molar refractivity (Wildman–Crippen MR) is 91.7 cm³/mol. The highest BCUT2D eigenvalue weighted by Crippen LogP contribution is 2.30. The van der Waals surface area contributed by atoms with Crippen LogP contribution >= 0.6 is 0 Å². The van der Waals surface area contributed by atoms with Crippen molar-refractivity contribution in [3.8, 4) is 0 Å². The zero-order chi connectivity index (χ0) is 16.1.